The Labute approximate surface area is 192 Å². The molecule has 0 radical (unpaired) electrons. The molecular formula is C22H44O10. The molecule has 0 rings (SSSR count). The van der Waals surface area contributed by atoms with Crippen LogP contribution in [0.2, 0.25) is 0 Å². The molecule has 0 aromatic rings. The van der Waals surface area contributed by atoms with Gasteiger partial charge in [-0.1, -0.05) is 13.8 Å². The fraction of sp³-hybridized carbons (Fsp3) is 0.909. The van der Waals surface area contributed by atoms with Gasteiger partial charge in [0, 0.05) is 13.2 Å². The third-order valence-corrected chi connectivity index (χ3v) is 3.05. The maximum Gasteiger partial charge on any atom is 0.332 e. The van der Waals surface area contributed by atoms with Crippen LogP contribution in [0.1, 0.15) is 47.5 Å². The maximum absolute atomic E-state index is 11.3. The van der Waals surface area contributed by atoms with Gasteiger partial charge in [-0.3, -0.25) is 0 Å². The summed E-state index contributed by atoms with van der Waals surface area (Å²) < 4.78 is 35.8. The summed E-state index contributed by atoms with van der Waals surface area (Å²) in [6.07, 6.45) is 2.01. The van der Waals surface area contributed by atoms with Gasteiger partial charge >= 0.3 is 11.9 Å². The number of carbonyl (C=O) groups is 2. The normalized spacial score (nSPS) is 11.0. The van der Waals surface area contributed by atoms with Crippen molar-refractivity contribution in [1.82, 2.24) is 0 Å². The van der Waals surface area contributed by atoms with Gasteiger partial charge in [-0.15, -0.1) is 0 Å². The van der Waals surface area contributed by atoms with Crippen LogP contribution in [0.5, 0.6) is 0 Å². The van der Waals surface area contributed by atoms with Crippen molar-refractivity contribution in [1.29, 1.82) is 0 Å². The topological polar surface area (TPSA) is 119 Å². The number of carboxylic acid groups (broad SMARTS) is 1. The first-order valence-corrected chi connectivity index (χ1v) is 11.1. The molecule has 10 nitrogen and oxygen atoms in total. The van der Waals surface area contributed by atoms with Gasteiger partial charge in [0.2, 0.25) is 0 Å². The fourth-order valence-corrected chi connectivity index (χ4v) is 1.85. The molecule has 0 saturated carbocycles. The highest BCUT2D eigenvalue weighted by atomic mass is 16.6. The third-order valence-electron chi connectivity index (χ3n) is 3.05. The Kier molecular flexibility index (Phi) is 25.0. The molecule has 0 aliphatic heterocycles. The van der Waals surface area contributed by atoms with Gasteiger partial charge in [0.05, 0.1) is 52.9 Å². The van der Waals surface area contributed by atoms with Crippen molar-refractivity contribution in [2.75, 3.05) is 79.3 Å². The molecule has 0 aliphatic carbocycles. The Morgan fingerprint density at radius 1 is 0.594 bits per heavy atom. The van der Waals surface area contributed by atoms with Gasteiger partial charge in [-0.05, 0) is 33.6 Å². The Hall–Kier alpha value is -1.30. The highest BCUT2D eigenvalue weighted by Gasteiger charge is 2.15. The molecule has 0 spiro atoms. The maximum atomic E-state index is 11.3. The molecule has 0 aliphatic rings. The summed E-state index contributed by atoms with van der Waals surface area (Å²) >= 11 is 0. The van der Waals surface area contributed by atoms with Gasteiger partial charge in [0.1, 0.15) is 18.8 Å². The van der Waals surface area contributed by atoms with E-state index in [2.05, 4.69) is 6.92 Å². The van der Waals surface area contributed by atoms with E-state index >= 15 is 0 Å². The lowest BCUT2D eigenvalue weighted by Gasteiger charge is -2.19. The Bertz CT molecular complexity index is 423. The Balaban J connectivity index is 0. The lowest BCUT2D eigenvalue weighted by Crippen LogP contribution is -2.27. The quantitative estimate of drug-likeness (QED) is 0.211. The second-order valence-electron chi connectivity index (χ2n) is 7.53. The van der Waals surface area contributed by atoms with Crippen LogP contribution >= 0.6 is 0 Å². The van der Waals surface area contributed by atoms with E-state index in [0.717, 1.165) is 26.1 Å². The van der Waals surface area contributed by atoms with E-state index in [1.54, 1.807) is 0 Å². The first kappa shape index (κ1) is 32.9. The molecule has 0 amide bonds. The van der Waals surface area contributed by atoms with Crippen molar-refractivity contribution in [2.24, 2.45) is 0 Å². The van der Waals surface area contributed by atoms with Gasteiger partial charge < -0.3 is 38.3 Å². The highest BCUT2D eigenvalue weighted by Crippen LogP contribution is 2.06. The van der Waals surface area contributed by atoms with Crippen LogP contribution in [-0.4, -0.2) is 102 Å². The molecule has 0 saturated heterocycles. The Morgan fingerprint density at radius 3 is 1.28 bits per heavy atom. The van der Waals surface area contributed by atoms with E-state index < -0.39 is 11.6 Å². The van der Waals surface area contributed by atoms with Gasteiger partial charge in [-0.25, -0.2) is 9.59 Å². The molecule has 192 valence electrons. The molecule has 0 unspecified atom stereocenters. The minimum Gasteiger partial charge on any atom is -0.480 e. The summed E-state index contributed by atoms with van der Waals surface area (Å²) in [6.45, 7) is 14.6. The van der Waals surface area contributed by atoms with Crippen molar-refractivity contribution < 1.29 is 47.9 Å². The largest absolute Gasteiger partial charge is 0.480 e. The predicted molar refractivity (Wildman–Crippen MR) is 119 cm³/mol. The molecule has 0 fully saturated rings. The minimum absolute atomic E-state index is 0.0348. The second-order valence-corrected chi connectivity index (χ2v) is 7.53. The van der Waals surface area contributed by atoms with E-state index in [1.807, 2.05) is 27.7 Å². The molecule has 1 N–H and O–H groups in total. The van der Waals surface area contributed by atoms with Gasteiger partial charge in [0.15, 0.2) is 0 Å². The average molecular weight is 469 g/mol. The molecule has 0 aromatic carbocycles. The minimum atomic E-state index is -0.962. The zero-order valence-electron chi connectivity index (χ0n) is 20.5. The monoisotopic (exact) mass is 468 g/mol. The first-order valence-electron chi connectivity index (χ1n) is 11.1. The van der Waals surface area contributed by atoms with Gasteiger partial charge in [0.25, 0.3) is 0 Å². The standard InChI is InChI=1S/C13H26O5.C9H18O5/c1-5-6-15-7-8-16-9-10-17-11-12(14)18-13(2,3)4;1-2-3-12-4-5-13-6-7-14-8-9(10)11/h5-11H2,1-4H3;2-8H2,1H3,(H,10,11). The van der Waals surface area contributed by atoms with Crippen LogP contribution in [0.25, 0.3) is 0 Å². The van der Waals surface area contributed by atoms with Crippen molar-refractivity contribution in [3.05, 3.63) is 0 Å². The van der Waals surface area contributed by atoms with E-state index in [4.69, 9.17) is 38.3 Å². The van der Waals surface area contributed by atoms with Crippen LogP contribution in [-0.2, 0) is 42.7 Å². The Morgan fingerprint density at radius 2 is 0.938 bits per heavy atom. The second kappa shape index (κ2) is 24.3. The third kappa shape index (κ3) is 33.3. The van der Waals surface area contributed by atoms with E-state index in [-0.39, 0.29) is 19.2 Å². The zero-order chi connectivity index (χ0) is 24.5. The number of hydrogen-bond donors (Lipinski definition) is 1. The lowest BCUT2D eigenvalue weighted by atomic mass is 10.2. The molecule has 0 bridgehead atoms. The van der Waals surface area contributed by atoms with Crippen molar-refractivity contribution in [2.45, 2.75) is 53.1 Å². The molecule has 0 aromatic heterocycles. The highest BCUT2D eigenvalue weighted by molar-refractivity contribution is 5.71. The molecule has 0 heterocycles. The van der Waals surface area contributed by atoms with Crippen molar-refractivity contribution in [3.8, 4) is 0 Å². The van der Waals surface area contributed by atoms with Crippen LogP contribution in [0, 0.1) is 0 Å². The molecule has 32 heavy (non-hydrogen) atoms. The summed E-state index contributed by atoms with van der Waals surface area (Å²) in [5.41, 5.74) is -0.465. The number of carbonyl (C=O) groups excluding carboxylic acids is 1. The predicted octanol–water partition coefficient (Wildman–Crippen LogP) is 2.32. The van der Waals surface area contributed by atoms with E-state index in [0.29, 0.717) is 52.9 Å². The van der Waals surface area contributed by atoms with Crippen molar-refractivity contribution in [3.63, 3.8) is 0 Å². The SMILES string of the molecule is CCCOCCOCCOCC(=O)O.CCCOCCOCCOCC(=O)OC(C)(C)C. The summed E-state index contributed by atoms with van der Waals surface area (Å²) in [4.78, 5) is 21.3. The van der Waals surface area contributed by atoms with Crippen molar-refractivity contribution >= 4 is 11.9 Å². The van der Waals surface area contributed by atoms with Crippen LogP contribution < -0.4 is 0 Å². The number of hydrogen-bond acceptors (Lipinski definition) is 9. The van der Waals surface area contributed by atoms with E-state index in [9.17, 15) is 9.59 Å². The molecular weight excluding hydrogens is 424 g/mol. The number of carboxylic acids is 1. The average Bonchev–Trinajstić information content (AvgIpc) is 2.70. The van der Waals surface area contributed by atoms with Crippen LogP contribution in [0.15, 0.2) is 0 Å². The first-order chi connectivity index (χ1) is 15.2. The molecule has 0 atom stereocenters. The molecule has 10 heteroatoms. The van der Waals surface area contributed by atoms with E-state index in [1.165, 1.54) is 0 Å². The number of aliphatic carboxylic acids is 1. The number of esters is 1. The number of rotatable bonds is 20. The smallest absolute Gasteiger partial charge is 0.332 e. The summed E-state index contributed by atoms with van der Waals surface area (Å²) in [7, 11) is 0. The summed E-state index contributed by atoms with van der Waals surface area (Å²) in [6, 6.07) is 0. The van der Waals surface area contributed by atoms with Gasteiger partial charge in [-0.2, -0.15) is 0 Å². The summed E-state index contributed by atoms with van der Waals surface area (Å²) in [5.74, 6) is -1.31. The fourth-order valence-electron chi connectivity index (χ4n) is 1.85. The summed E-state index contributed by atoms with van der Waals surface area (Å²) in [5, 5.41) is 8.23. The van der Waals surface area contributed by atoms with Crippen LogP contribution in [0.3, 0.4) is 0 Å². The van der Waals surface area contributed by atoms with Crippen LogP contribution in [0.4, 0.5) is 0 Å². The lowest BCUT2D eigenvalue weighted by molar-refractivity contribution is -0.160. The zero-order valence-corrected chi connectivity index (χ0v) is 20.5. The number of ether oxygens (including phenoxy) is 7.